The Labute approximate surface area is 108 Å². The lowest BCUT2D eigenvalue weighted by atomic mass is 9.99. The third-order valence-corrected chi connectivity index (χ3v) is 4.02. The van der Waals surface area contributed by atoms with E-state index in [0.29, 0.717) is 12.0 Å². The fourth-order valence-corrected chi connectivity index (χ4v) is 3.05. The zero-order chi connectivity index (χ0) is 12.7. The van der Waals surface area contributed by atoms with Gasteiger partial charge in [-0.1, -0.05) is 12.1 Å². The molecule has 2 unspecified atom stereocenters. The number of aryl methyl sites for hydroxylation is 1. The van der Waals surface area contributed by atoms with Crippen molar-refractivity contribution in [2.24, 2.45) is 11.7 Å². The molecule has 3 rings (SSSR count). The van der Waals surface area contributed by atoms with E-state index in [2.05, 4.69) is 36.2 Å². The molecule has 96 valence electrons. The summed E-state index contributed by atoms with van der Waals surface area (Å²) in [7, 11) is 2.18. The van der Waals surface area contributed by atoms with Gasteiger partial charge in [-0.3, -0.25) is 4.90 Å². The maximum atomic E-state index is 5.79. The second kappa shape index (κ2) is 4.41. The van der Waals surface area contributed by atoms with E-state index in [4.69, 9.17) is 10.2 Å². The van der Waals surface area contributed by atoms with Crippen molar-refractivity contribution in [3.05, 3.63) is 35.6 Å². The zero-order valence-electron chi connectivity index (χ0n) is 11.0. The SMILES string of the molecule is Cc1cc2ccc(C3CC(CN)CN3C)cc2o1. The van der Waals surface area contributed by atoms with Crippen molar-refractivity contribution in [1.82, 2.24) is 4.90 Å². The van der Waals surface area contributed by atoms with Gasteiger partial charge in [-0.05, 0) is 50.6 Å². The van der Waals surface area contributed by atoms with Crippen LogP contribution < -0.4 is 5.73 Å². The largest absolute Gasteiger partial charge is 0.461 e. The zero-order valence-corrected chi connectivity index (χ0v) is 11.0. The molecule has 1 aliphatic heterocycles. The maximum Gasteiger partial charge on any atom is 0.134 e. The summed E-state index contributed by atoms with van der Waals surface area (Å²) in [6.45, 7) is 3.87. The molecule has 2 heterocycles. The summed E-state index contributed by atoms with van der Waals surface area (Å²) in [5, 5.41) is 1.19. The van der Waals surface area contributed by atoms with Gasteiger partial charge in [-0.25, -0.2) is 0 Å². The van der Waals surface area contributed by atoms with Gasteiger partial charge in [-0.15, -0.1) is 0 Å². The number of nitrogens with two attached hydrogens (primary N) is 1. The number of hydrogen-bond donors (Lipinski definition) is 1. The molecule has 0 aliphatic carbocycles. The van der Waals surface area contributed by atoms with Crippen LogP contribution in [0.3, 0.4) is 0 Å². The van der Waals surface area contributed by atoms with E-state index in [-0.39, 0.29) is 0 Å². The lowest BCUT2D eigenvalue weighted by Crippen LogP contribution is -2.20. The van der Waals surface area contributed by atoms with Crippen LogP contribution in [-0.4, -0.2) is 25.0 Å². The molecule has 0 spiro atoms. The molecular weight excluding hydrogens is 224 g/mol. The first-order valence-corrected chi connectivity index (χ1v) is 6.58. The molecule has 2 atom stereocenters. The highest BCUT2D eigenvalue weighted by molar-refractivity contribution is 5.78. The van der Waals surface area contributed by atoms with Crippen LogP contribution in [0.15, 0.2) is 28.7 Å². The van der Waals surface area contributed by atoms with Crippen LogP contribution in [0.4, 0.5) is 0 Å². The number of furan rings is 1. The Kier molecular flexibility index (Phi) is 2.88. The quantitative estimate of drug-likeness (QED) is 0.883. The van der Waals surface area contributed by atoms with Crippen molar-refractivity contribution < 1.29 is 4.42 Å². The number of hydrogen-bond acceptors (Lipinski definition) is 3. The Morgan fingerprint density at radius 3 is 2.94 bits per heavy atom. The van der Waals surface area contributed by atoms with Crippen LogP contribution >= 0.6 is 0 Å². The van der Waals surface area contributed by atoms with E-state index in [1.54, 1.807) is 0 Å². The minimum absolute atomic E-state index is 0.480. The summed E-state index contributed by atoms with van der Waals surface area (Å²) in [5.41, 5.74) is 8.12. The molecule has 1 fully saturated rings. The highest BCUT2D eigenvalue weighted by atomic mass is 16.3. The van der Waals surface area contributed by atoms with Gasteiger partial charge in [0.1, 0.15) is 11.3 Å². The third kappa shape index (κ3) is 1.93. The van der Waals surface area contributed by atoms with Gasteiger partial charge in [0.05, 0.1) is 0 Å². The van der Waals surface area contributed by atoms with E-state index >= 15 is 0 Å². The number of nitrogens with zero attached hydrogens (tertiary/aromatic N) is 1. The maximum absolute atomic E-state index is 5.79. The van der Waals surface area contributed by atoms with Crippen molar-refractivity contribution in [1.29, 1.82) is 0 Å². The molecule has 1 aromatic heterocycles. The second-order valence-corrected chi connectivity index (χ2v) is 5.45. The summed E-state index contributed by atoms with van der Waals surface area (Å²) in [6.07, 6.45) is 1.15. The molecule has 0 radical (unpaired) electrons. The molecule has 2 aromatic rings. The summed E-state index contributed by atoms with van der Waals surface area (Å²) in [6, 6.07) is 9.12. The van der Waals surface area contributed by atoms with Crippen molar-refractivity contribution >= 4 is 11.0 Å². The number of likely N-dealkylation sites (tertiary alicyclic amines) is 1. The van der Waals surface area contributed by atoms with Gasteiger partial charge >= 0.3 is 0 Å². The Balaban J connectivity index is 1.94. The summed E-state index contributed by atoms with van der Waals surface area (Å²) in [5.74, 6) is 1.59. The smallest absolute Gasteiger partial charge is 0.134 e. The molecule has 0 saturated carbocycles. The van der Waals surface area contributed by atoms with Crippen molar-refractivity contribution in [2.75, 3.05) is 20.1 Å². The molecule has 0 amide bonds. The normalized spacial score (nSPS) is 25.1. The highest BCUT2D eigenvalue weighted by Crippen LogP contribution is 2.35. The fraction of sp³-hybridized carbons (Fsp3) is 0.467. The van der Waals surface area contributed by atoms with E-state index in [1.165, 1.54) is 10.9 Å². The number of benzene rings is 1. The minimum Gasteiger partial charge on any atom is -0.461 e. The fourth-order valence-electron chi connectivity index (χ4n) is 3.05. The highest BCUT2D eigenvalue weighted by Gasteiger charge is 2.29. The first-order valence-electron chi connectivity index (χ1n) is 6.58. The van der Waals surface area contributed by atoms with E-state index in [9.17, 15) is 0 Å². The van der Waals surface area contributed by atoms with Gasteiger partial charge in [0.25, 0.3) is 0 Å². The average molecular weight is 244 g/mol. The minimum atomic E-state index is 0.480. The van der Waals surface area contributed by atoms with Crippen LogP contribution in [0.5, 0.6) is 0 Å². The Morgan fingerprint density at radius 2 is 2.22 bits per heavy atom. The standard InChI is InChI=1S/C15H20N2O/c1-10-5-13-4-3-12(7-15(13)18-10)14-6-11(8-16)9-17(14)2/h3-5,7,11,14H,6,8-9,16H2,1-2H3. The van der Waals surface area contributed by atoms with Crippen LogP contribution in [0.25, 0.3) is 11.0 Å². The summed E-state index contributed by atoms with van der Waals surface area (Å²) >= 11 is 0. The van der Waals surface area contributed by atoms with Gasteiger partial charge in [-0.2, -0.15) is 0 Å². The third-order valence-electron chi connectivity index (χ3n) is 4.02. The molecule has 1 aromatic carbocycles. The lowest BCUT2D eigenvalue weighted by molar-refractivity contribution is 0.313. The number of fused-ring (bicyclic) bond motifs is 1. The Morgan fingerprint density at radius 1 is 1.39 bits per heavy atom. The molecule has 3 heteroatoms. The van der Waals surface area contributed by atoms with Crippen molar-refractivity contribution in [3.63, 3.8) is 0 Å². The van der Waals surface area contributed by atoms with Gasteiger partial charge in [0.15, 0.2) is 0 Å². The molecule has 18 heavy (non-hydrogen) atoms. The van der Waals surface area contributed by atoms with Crippen LogP contribution in [0.2, 0.25) is 0 Å². The summed E-state index contributed by atoms with van der Waals surface area (Å²) < 4.78 is 5.71. The van der Waals surface area contributed by atoms with Crippen LogP contribution in [0, 0.1) is 12.8 Å². The average Bonchev–Trinajstić information content (AvgIpc) is 2.89. The Bertz CT molecular complexity index is 561. The molecule has 1 aliphatic rings. The van der Waals surface area contributed by atoms with Crippen LogP contribution in [0.1, 0.15) is 23.8 Å². The first-order chi connectivity index (χ1) is 8.67. The van der Waals surface area contributed by atoms with Gasteiger partial charge < -0.3 is 10.2 Å². The van der Waals surface area contributed by atoms with Crippen molar-refractivity contribution in [2.45, 2.75) is 19.4 Å². The molecule has 1 saturated heterocycles. The Hall–Kier alpha value is -1.32. The lowest BCUT2D eigenvalue weighted by Gasteiger charge is -2.19. The van der Waals surface area contributed by atoms with E-state index in [1.807, 2.05) is 6.92 Å². The monoisotopic (exact) mass is 244 g/mol. The number of rotatable bonds is 2. The second-order valence-electron chi connectivity index (χ2n) is 5.45. The molecule has 0 bridgehead atoms. The van der Waals surface area contributed by atoms with Gasteiger partial charge in [0.2, 0.25) is 0 Å². The topological polar surface area (TPSA) is 42.4 Å². The summed E-state index contributed by atoms with van der Waals surface area (Å²) in [4.78, 5) is 2.40. The van der Waals surface area contributed by atoms with Gasteiger partial charge in [0, 0.05) is 18.0 Å². The van der Waals surface area contributed by atoms with E-state index < -0.39 is 0 Å². The predicted molar refractivity (Wildman–Crippen MR) is 73.5 cm³/mol. The predicted octanol–water partition coefficient (Wildman–Crippen LogP) is 2.69. The molecular formula is C15H20N2O. The first kappa shape index (κ1) is 11.8. The molecule has 3 nitrogen and oxygen atoms in total. The molecule has 2 N–H and O–H groups in total. The van der Waals surface area contributed by atoms with E-state index in [0.717, 1.165) is 30.9 Å². The van der Waals surface area contributed by atoms with Crippen molar-refractivity contribution in [3.8, 4) is 0 Å². The van der Waals surface area contributed by atoms with Crippen LogP contribution in [-0.2, 0) is 0 Å².